The molecule has 0 amide bonds. The largest absolute Gasteiger partial charge is 0.478 e. The Hall–Kier alpha value is -4.00. The maximum atomic E-state index is 11.1. The summed E-state index contributed by atoms with van der Waals surface area (Å²) in [5.41, 5.74) is 4.50. The molecule has 0 bridgehead atoms. The smallest absolute Gasteiger partial charge is 0.335 e. The molecule has 0 radical (unpaired) electrons. The van der Waals surface area contributed by atoms with Crippen LogP contribution in [0.15, 0.2) is 73.6 Å². The second-order valence-corrected chi connectivity index (χ2v) is 5.69. The molecular weight excluding hydrogens is 342 g/mol. The predicted molar refractivity (Wildman–Crippen MR) is 98.7 cm³/mol. The van der Waals surface area contributed by atoms with E-state index >= 15 is 0 Å². The van der Waals surface area contributed by atoms with E-state index in [4.69, 9.17) is 5.11 Å². The van der Waals surface area contributed by atoms with Crippen LogP contribution in [0.4, 0.5) is 0 Å². The molecule has 1 N–H and O–H groups in total. The van der Waals surface area contributed by atoms with E-state index in [0.717, 1.165) is 11.1 Å². The van der Waals surface area contributed by atoms with Crippen molar-refractivity contribution >= 4 is 5.97 Å². The van der Waals surface area contributed by atoms with Crippen LogP contribution in [0.3, 0.4) is 0 Å². The Labute approximate surface area is 154 Å². The quantitative estimate of drug-likeness (QED) is 0.599. The van der Waals surface area contributed by atoms with E-state index < -0.39 is 5.97 Å². The van der Waals surface area contributed by atoms with Crippen LogP contribution in [-0.4, -0.2) is 36.0 Å². The zero-order chi connectivity index (χ0) is 18.6. The summed E-state index contributed by atoms with van der Waals surface area (Å²) in [5, 5.41) is 9.09. The second kappa shape index (κ2) is 7.09. The van der Waals surface area contributed by atoms with Crippen LogP contribution in [0.5, 0.6) is 0 Å². The van der Waals surface area contributed by atoms with Crippen molar-refractivity contribution in [3.63, 3.8) is 0 Å². The SMILES string of the molecule is O=C(O)c1ccc(-c2cc(-c3cnccn3)nc(-c3cnccn3)c2)cc1. The first kappa shape index (κ1) is 16.5. The molecule has 0 spiro atoms. The van der Waals surface area contributed by atoms with Crippen LogP contribution < -0.4 is 0 Å². The van der Waals surface area contributed by atoms with E-state index in [1.165, 1.54) is 0 Å². The molecule has 1 aromatic carbocycles. The third-order valence-electron chi connectivity index (χ3n) is 3.94. The molecule has 27 heavy (non-hydrogen) atoms. The Bertz CT molecular complexity index is 1030. The summed E-state index contributed by atoms with van der Waals surface area (Å²) >= 11 is 0. The van der Waals surface area contributed by atoms with Gasteiger partial charge in [0.1, 0.15) is 11.4 Å². The maximum absolute atomic E-state index is 11.1. The van der Waals surface area contributed by atoms with Gasteiger partial charge in [0.15, 0.2) is 0 Å². The van der Waals surface area contributed by atoms with E-state index in [1.807, 2.05) is 12.1 Å². The van der Waals surface area contributed by atoms with Gasteiger partial charge in [-0.15, -0.1) is 0 Å². The summed E-state index contributed by atoms with van der Waals surface area (Å²) < 4.78 is 0. The molecule has 3 aromatic heterocycles. The lowest BCUT2D eigenvalue weighted by Crippen LogP contribution is -1.96. The van der Waals surface area contributed by atoms with Crippen LogP contribution >= 0.6 is 0 Å². The minimum absolute atomic E-state index is 0.233. The number of carboxylic acids is 1. The first-order chi connectivity index (χ1) is 13.2. The number of rotatable bonds is 4. The normalized spacial score (nSPS) is 10.5. The van der Waals surface area contributed by atoms with Gasteiger partial charge in [-0.05, 0) is 35.4 Å². The summed E-state index contributed by atoms with van der Waals surface area (Å²) in [5.74, 6) is -0.961. The third-order valence-corrected chi connectivity index (χ3v) is 3.94. The summed E-state index contributed by atoms with van der Waals surface area (Å²) in [7, 11) is 0. The lowest BCUT2D eigenvalue weighted by atomic mass is 10.0. The fourth-order valence-electron chi connectivity index (χ4n) is 2.63. The number of pyridine rings is 1. The lowest BCUT2D eigenvalue weighted by molar-refractivity contribution is 0.0697. The highest BCUT2D eigenvalue weighted by atomic mass is 16.4. The minimum Gasteiger partial charge on any atom is -0.478 e. The first-order valence-corrected chi connectivity index (χ1v) is 8.09. The van der Waals surface area contributed by atoms with E-state index in [1.54, 1.807) is 61.4 Å². The van der Waals surface area contributed by atoms with Crippen molar-refractivity contribution in [3.05, 3.63) is 79.1 Å². The number of carbonyl (C=O) groups is 1. The number of carboxylic acid groups (broad SMARTS) is 1. The molecule has 7 nitrogen and oxygen atoms in total. The third kappa shape index (κ3) is 3.52. The Balaban J connectivity index is 1.86. The molecule has 130 valence electrons. The summed E-state index contributed by atoms with van der Waals surface area (Å²) in [4.78, 5) is 32.6. The molecule has 0 saturated heterocycles. The van der Waals surface area contributed by atoms with Crippen LogP contribution in [0.1, 0.15) is 10.4 Å². The van der Waals surface area contributed by atoms with Crippen molar-refractivity contribution in [2.75, 3.05) is 0 Å². The topological polar surface area (TPSA) is 102 Å². The number of aromatic nitrogens is 5. The molecule has 3 heterocycles. The van der Waals surface area contributed by atoms with Crippen molar-refractivity contribution in [1.82, 2.24) is 24.9 Å². The highest BCUT2D eigenvalue weighted by Gasteiger charge is 2.11. The Kier molecular flexibility index (Phi) is 4.32. The molecule has 0 aliphatic carbocycles. The zero-order valence-electron chi connectivity index (χ0n) is 14.0. The standard InChI is InChI=1S/C20H13N5O2/c26-20(27)14-3-1-13(2-4-14)15-9-16(18-11-21-5-7-23-18)25-17(10-15)19-12-22-6-8-24-19/h1-12H,(H,26,27). The average Bonchev–Trinajstić information content (AvgIpc) is 2.75. The van der Waals surface area contributed by atoms with Crippen molar-refractivity contribution in [3.8, 4) is 33.9 Å². The van der Waals surface area contributed by atoms with Crippen LogP contribution in [-0.2, 0) is 0 Å². The average molecular weight is 355 g/mol. The predicted octanol–water partition coefficient (Wildman–Crippen LogP) is 3.36. The fraction of sp³-hybridized carbons (Fsp3) is 0. The minimum atomic E-state index is -0.961. The number of nitrogens with zero attached hydrogens (tertiary/aromatic N) is 5. The van der Waals surface area contributed by atoms with Crippen LogP contribution in [0.2, 0.25) is 0 Å². The van der Waals surface area contributed by atoms with E-state index in [0.29, 0.717) is 22.8 Å². The van der Waals surface area contributed by atoms with E-state index in [2.05, 4.69) is 24.9 Å². The second-order valence-electron chi connectivity index (χ2n) is 5.69. The fourth-order valence-corrected chi connectivity index (χ4v) is 2.63. The van der Waals surface area contributed by atoms with Crippen molar-refractivity contribution in [2.24, 2.45) is 0 Å². The van der Waals surface area contributed by atoms with Crippen molar-refractivity contribution in [2.45, 2.75) is 0 Å². The first-order valence-electron chi connectivity index (χ1n) is 8.09. The molecule has 0 fully saturated rings. The summed E-state index contributed by atoms with van der Waals surface area (Å²) in [6.07, 6.45) is 9.68. The Morgan fingerprint density at radius 1 is 0.704 bits per heavy atom. The van der Waals surface area contributed by atoms with Gasteiger partial charge in [-0.2, -0.15) is 0 Å². The van der Waals surface area contributed by atoms with Gasteiger partial charge in [0.2, 0.25) is 0 Å². The van der Waals surface area contributed by atoms with Crippen LogP contribution in [0.25, 0.3) is 33.9 Å². The van der Waals surface area contributed by atoms with Gasteiger partial charge in [0, 0.05) is 24.8 Å². The van der Waals surface area contributed by atoms with Gasteiger partial charge in [-0.3, -0.25) is 19.9 Å². The number of benzene rings is 1. The number of hydrogen-bond donors (Lipinski definition) is 1. The molecule has 0 saturated carbocycles. The number of aromatic carboxylic acids is 1. The Morgan fingerprint density at radius 2 is 1.26 bits per heavy atom. The van der Waals surface area contributed by atoms with Gasteiger partial charge in [0.25, 0.3) is 0 Å². The molecular formula is C20H13N5O2. The van der Waals surface area contributed by atoms with E-state index in [-0.39, 0.29) is 5.56 Å². The van der Waals surface area contributed by atoms with Crippen molar-refractivity contribution < 1.29 is 9.90 Å². The molecule has 4 rings (SSSR count). The summed E-state index contributed by atoms with van der Waals surface area (Å²) in [6.45, 7) is 0. The lowest BCUT2D eigenvalue weighted by Gasteiger charge is -2.09. The van der Waals surface area contributed by atoms with Crippen LogP contribution in [0, 0.1) is 0 Å². The molecule has 0 unspecified atom stereocenters. The number of hydrogen-bond acceptors (Lipinski definition) is 6. The molecule has 4 aromatic rings. The molecule has 0 atom stereocenters. The molecule has 0 aliphatic rings. The molecule has 7 heteroatoms. The van der Waals surface area contributed by atoms with Gasteiger partial charge in [0.05, 0.1) is 29.3 Å². The Morgan fingerprint density at radius 3 is 1.70 bits per heavy atom. The molecule has 0 aliphatic heterocycles. The summed E-state index contributed by atoms with van der Waals surface area (Å²) in [6, 6.07) is 10.4. The highest BCUT2D eigenvalue weighted by molar-refractivity contribution is 5.88. The van der Waals surface area contributed by atoms with E-state index in [9.17, 15) is 4.79 Å². The monoisotopic (exact) mass is 355 g/mol. The highest BCUT2D eigenvalue weighted by Crippen LogP contribution is 2.28. The van der Waals surface area contributed by atoms with Crippen molar-refractivity contribution in [1.29, 1.82) is 0 Å². The van der Waals surface area contributed by atoms with Gasteiger partial charge >= 0.3 is 5.97 Å². The zero-order valence-corrected chi connectivity index (χ0v) is 14.0. The van der Waals surface area contributed by atoms with Gasteiger partial charge in [-0.25, -0.2) is 9.78 Å². The van der Waals surface area contributed by atoms with Gasteiger partial charge in [-0.1, -0.05) is 12.1 Å². The maximum Gasteiger partial charge on any atom is 0.335 e. The van der Waals surface area contributed by atoms with Gasteiger partial charge < -0.3 is 5.11 Å².